The number of carbonyl (C=O) groups excluding carboxylic acids is 2. The molecule has 0 unspecified atom stereocenters. The lowest BCUT2D eigenvalue weighted by molar-refractivity contribution is 0.0524. The number of ether oxygens (including phenoxy) is 2. The maximum atomic E-state index is 11.3. The average molecular weight is 228 g/mol. The maximum absolute atomic E-state index is 11.3. The summed E-state index contributed by atoms with van der Waals surface area (Å²) in [5.74, 6) is -0.809. The van der Waals surface area contributed by atoms with Gasteiger partial charge in [0.2, 0.25) is 0 Å². The van der Waals surface area contributed by atoms with Crippen LogP contribution in [0.3, 0.4) is 0 Å². The van der Waals surface area contributed by atoms with Gasteiger partial charge in [0.15, 0.2) is 0 Å². The van der Waals surface area contributed by atoms with E-state index in [9.17, 15) is 9.59 Å². The van der Waals surface area contributed by atoms with Gasteiger partial charge < -0.3 is 9.47 Å². The van der Waals surface area contributed by atoms with Crippen LogP contribution in [0.25, 0.3) is 0 Å². The summed E-state index contributed by atoms with van der Waals surface area (Å²) in [4.78, 5) is 23.4. The third kappa shape index (κ3) is 3.06. The lowest BCUT2D eigenvalue weighted by Gasteiger charge is -1.98. The molecule has 0 saturated heterocycles. The van der Waals surface area contributed by atoms with Crippen LogP contribution in [0.4, 0.5) is 0 Å². The number of hydrogen-bond acceptors (Lipinski definition) is 5. The molecule has 1 rings (SSSR count). The van der Waals surface area contributed by atoms with Gasteiger partial charge >= 0.3 is 11.9 Å². The van der Waals surface area contributed by atoms with Crippen molar-refractivity contribution in [1.82, 2.24) is 0 Å². The highest BCUT2D eigenvalue weighted by atomic mass is 32.1. The van der Waals surface area contributed by atoms with Gasteiger partial charge in [0, 0.05) is 0 Å². The minimum atomic E-state index is -0.405. The molecule has 0 amide bonds. The van der Waals surface area contributed by atoms with E-state index in [4.69, 9.17) is 9.47 Å². The molecule has 0 radical (unpaired) electrons. The normalized spacial score (nSPS) is 9.73. The molecule has 0 fully saturated rings. The van der Waals surface area contributed by atoms with Gasteiger partial charge in [0.05, 0.1) is 13.2 Å². The van der Waals surface area contributed by atoms with Crippen molar-refractivity contribution in [3.05, 3.63) is 21.9 Å². The summed E-state index contributed by atoms with van der Waals surface area (Å²) < 4.78 is 9.60. The van der Waals surface area contributed by atoms with E-state index in [1.165, 1.54) is 0 Å². The SMILES string of the molecule is CCOC(=O)c1ccc(C(=O)OCC)s1. The van der Waals surface area contributed by atoms with Gasteiger partial charge in [-0.15, -0.1) is 11.3 Å². The Balaban J connectivity index is 2.71. The Bertz CT molecular complexity index is 324. The van der Waals surface area contributed by atoms with Gasteiger partial charge in [-0.25, -0.2) is 9.59 Å². The molecule has 0 aliphatic heterocycles. The Morgan fingerprint density at radius 2 is 1.47 bits per heavy atom. The summed E-state index contributed by atoms with van der Waals surface area (Å²) in [6, 6.07) is 3.13. The molecular weight excluding hydrogens is 216 g/mol. The van der Waals surface area contributed by atoms with Gasteiger partial charge in [0.25, 0.3) is 0 Å². The predicted octanol–water partition coefficient (Wildman–Crippen LogP) is 2.10. The summed E-state index contributed by atoms with van der Waals surface area (Å²) in [6.07, 6.45) is 0. The predicted molar refractivity (Wildman–Crippen MR) is 56.2 cm³/mol. The van der Waals surface area contributed by atoms with Crippen LogP contribution in [0.15, 0.2) is 12.1 Å². The maximum Gasteiger partial charge on any atom is 0.348 e. The monoisotopic (exact) mass is 228 g/mol. The highest BCUT2D eigenvalue weighted by Crippen LogP contribution is 2.18. The number of rotatable bonds is 4. The van der Waals surface area contributed by atoms with Crippen LogP contribution in [-0.4, -0.2) is 25.2 Å². The van der Waals surface area contributed by atoms with E-state index in [0.717, 1.165) is 11.3 Å². The molecule has 0 atom stereocenters. The molecule has 82 valence electrons. The van der Waals surface area contributed by atoms with E-state index in [-0.39, 0.29) is 0 Å². The van der Waals surface area contributed by atoms with Crippen LogP contribution >= 0.6 is 11.3 Å². The lowest BCUT2D eigenvalue weighted by atomic mass is 10.4. The molecular formula is C10H12O4S. The standard InChI is InChI=1S/C10H12O4S/c1-3-13-9(11)7-5-6-8(15-7)10(12)14-4-2/h5-6H,3-4H2,1-2H3. The Labute approximate surface area is 91.8 Å². The van der Waals surface area contributed by atoms with Crippen molar-refractivity contribution in [1.29, 1.82) is 0 Å². The Morgan fingerprint density at radius 3 is 1.80 bits per heavy atom. The van der Waals surface area contributed by atoms with Crippen LogP contribution in [0, 0.1) is 0 Å². The second kappa shape index (κ2) is 5.50. The highest BCUT2D eigenvalue weighted by Gasteiger charge is 2.14. The summed E-state index contributed by atoms with van der Waals surface area (Å²) in [5.41, 5.74) is 0. The average Bonchev–Trinajstić information content (AvgIpc) is 2.67. The number of hydrogen-bond donors (Lipinski definition) is 0. The van der Waals surface area contributed by atoms with Crippen molar-refractivity contribution in [3.8, 4) is 0 Å². The third-order valence-electron chi connectivity index (χ3n) is 1.56. The van der Waals surface area contributed by atoms with Gasteiger partial charge in [-0.3, -0.25) is 0 Å². The highest BCUT2D eigenvalue weighted by molar-refractivity contribution is 7.15. The second-order valence-corrected chi connectivity index (χ2v) is 3.69. The van der Waals surface area contributed by atoms with E-state index < -0.39 is 11.9 Å². The van der Waals surface area contributed by atoms with Crippen molar-refractivity contribution in [2.24, 2.45) is 0 Å². The molecule has 1 aromatic heterocycles. The van der Waals surface area contributed by atoms with Gasteiger partial charge in [0.1, 0.15) is 9.75 Å². The van der Waals surface area contributed by atoms with Crippen molar-refractivity contribution < 1.29 is 19.1 Å². The first-order chi connectivity index (χ1) is 7.19. The van der Waals surface area contributed by atoms with Crippen molar-refractivity contribution in [2.75, 3.05) is 13.2 Å². The van der Waals surface area contributed by atoms with E-state index in [0.29, 0.717) is 23.0 Å². The topological polar surface area (TPSA) is 52.6 Å². The fraction of sp³-hybridized carbons (Fsp3) is 0.400. The molecule has 5 heteroatoms. The molecule has 4 nitrogen and oxygen atoms in total. The summed E-state index contributed by atoms with van der Waals surface area (Å²) in [7, 11) is 0. The third-order valence-corrected chi connectivity index (χ3v) is 2.60. The molecule has 0 aromatic carbocycles. The Kier molecular flexibility index (Phi) is 4.30. The Morgan fingerprint density at radius 1 is 1.07 bits per heavy atom. The lowest BCUT2D eigenvalue weighted by Crippen LogP contribution is -2.02. The quantitative estimate of drug-likeness (QED) is 0.740. The van der Waals surface area contributed by atoms with Crippen molar-refractivity contribution >= 4 is 23.3 Å². The molecule has 0 N–H and O–H groups in total. The summed E-state index contributed by atoms with van der Waals surface area (Å²) in [6.45, 7) is 4.12. The first kappa shape index (κ1) is 11.7. The van der Waals surface area contributed by atoms with Crippen LogP contribution in [-0.2, 0) is 9.47 Å². The first-order valence-electron chi connectivity index (χ1n) is 4.63. The largest absolute Gasteiger partial charge is 0.462 e. The molecule has 0 aliphatic rings. The van der Waals surface area contributed by atoms with Gasteiger partial charge in [-0.1, -0.05) is 0 Å². The van der Waals surface area contributed by atoms with Gasteiger partial charge in [-0.05, 0) is 26.0 Å². The van der Waals surface area contributed by atoms with E-state index in [2.05, 4.69) is 0 Å². The number of carbonyl (C=O) groups is 2. The Hall–Kier alpha value is -1.36. The minimum Gasteiger partial charge on any atom is -0.462 e. The first-order valence-corrected chi connectivity index (χ1v) is 5.44. The molecule has 0 aliphatic carbocycles. The molecule has 0 bridgehead atoms. The number of esters is 2. The van der Waals surface area contributed by atoms with Crippen LogP contribution < -0.4 is 0 Å². The van der Waals surface area contributed by atoms with Crippen LogP contribution in [0.1, 0.15) is 33.2 Å². The molecule has 15 heavy (non-hydrogen) atoms. The zero-order valence-electron chi connectivity index (χ0n) is 8.61. The fourth-order valence-electron chi connectivity index (χ4n) is 0.962. The zero-order valence-corrected chi connectivity index (χ0v) is 9.43. The van der Waals surface area contributed by atoms with Crippen LogP contribution in [0.5, 0.6) is 0 Å². The minimum absolute atomic E-state index is 0.325. The molecule has 0 spiro atoms. The van der Waals surface area contributed by atoms with Gasteiger partial charge in [-0.2, -0.15) is 0 Å². The van der Waals surface area contributed by atoms with E-state index in [1.54, 1.807) is 26.0 Å². The summed E-state index contributed by atoms with van der Waals surface area (Å²) in [5, 5.41) is 0. The van der Waals surface area contributed by atoms with Crippen LogP contribution in [0.2, 0.25) is 0 Å². The van der Waals surface area contributed by atoms with E-state index >= 15 is 0 Å². The summed E-state index contributed by atoms with van der Waals surface area (Å²) >= 11 is 1.08. The van der Waals surface area contributed by atoms with E-state index in [1.807, 2.05) is 0 Å². The smallest absolute Gasteiger partial charge is 0.348 e. The second-order valence-electron chi connectivity index (χ2n) is 2.60. The number of thiophene rings is 1. The molecule has 1 aromatic rings. The fourth-order valence-corrected chi connectivity index (χ4v) is 1.76. The van der Waals surface area contributed by atoms with Crippen molar-refractivity contribution in [3.63, 3.8) is 0 Å². The van der Waals surface area contributed by atoms with Crippen molar-refractivity contribution in [2.45, 2.75) is 13.8 Å². The molecule has 1 heterocycles. The zero-order chi connectivity index (χ0) is 11.3. The molecule has 0 saturated carbocycles.